The molecule has 0 aromatic rings. The molecule has 11 unspecified atom stereocenters. The number of hydrogen-bond donors (Lipinski definition) is 7. The van der Waals surface area contributed by atoms with Gasteiger partial charge in [0.15, 0.2) is 12.6 Å². The van der Waals surface area contributed by atoms with Crippen LogP contribution in [-0.4, -0.2) is 142 Å². The SMILES string of the molecule is CCCCCCC/C=C\C/C=C\C/C=C\CCCCCCCCCCCOCC(COC1OC(COC2OC(CO)C(O)C(O)C2O)C(O)C(O)C1O)OC(=O)CCCCCCCC. The van der Waals surface area contributed by atoms with Crippen LogP contribution < -0.4 is 0 Å². The van der Waals surface area contributed by atoms with Crippen molar-refractivity contribution in [2.75, 3.05) is 33.0 Å². The van der Waals surface area contributed by atoms with E-state index in [4.69, 9.17) is 28.4 Å². The summed E-state index contributed by atoms with van der Waals surface area (Å²) in [7, 11) is 0. The molecule has 2 heterocycles. The first-order valence-electron chi connectivity index (χ1n) is 25.1. The van der Waals surface area contributed by atoms with Gasteiger partial charge in [-0.05, 0) is 51.4 Å². The van der Waals surface area contributed by atoms with Gasteiger partial charge in [-0.2, -0.15) is 0 Å². The fourth-order valence-electron chi connectivity index (χ4n) is 7.76. The molecule has 0 aromatic heterocycles. The lowest BCUT2D eigenvalue weighted by atomic mass is 9.98. The second kappa shape index (κ2) is 38.2. The zero-order valence-electron chi connectivity index (χ0n) is 39.5. The summed E-state index contributed by atoms with van der Waals surface area (Å²) in [6, 6.07) is 0. The maximum atomic E-state index is 12.8. The Kier molecular flexibility index (Phi) is 34.8. The van der Waals surface area contributed by atoms with Crippen molar-refractivity contribution in [3.05, 3.63) is 36.5 Å². The maximum absolute atomic E-state index is 12.8. The minimum Gasteiger partial charge on any atom is -0.457 e. The van der Waals surface area contributed by atoms with Crippen LogP contribution in [0.25, 0.3) is 0 Å². The smallest absolute Gasteiger partial charge is 0.306 e. The third kappa shape index (κ3) is 25.9. The van der Waals surface area contributed by atoms with E-state index in [0.29, 0.717) is 13.0 Å². The molecule has 11 atom stereocenters. The molecule has 2 rings (SSSR count). The number of hydrogen-bond acceptors (Lipinski definition) is 14. The normalized spacial score (nSPS) is 27.0. The molecule has 0 radical (unpaired) electrons. The number of rotatable bonds is 39. The number of carbonyl (C=O) groups is 1. The molecule has 14 heteroatoms. The van der Waals surface area contributed by atoms with Crippen LogP contribution in [0.3, 0.4) is 0 Å². The molecular weight excluding hydrogens is 825 g/mol. The summed E-state index contributed by atoms with van der Waals surface area (Å²) in [4.78, 5) is 12.8. The summed E-state index contributed by atoms with van der Waals surface area (Å²) >= 11 is 0. The third-order valence-corrected chi connectivity index (χ3v) is 11.9. The van der Waals surface area contributed by atoms with E-state index in [1.54, 1.807) is 0 Å². The van der Waals surface area contributed by atoms with Gasteiger partial charge in [0.2, 0.25) is 0 Å². The van der Waals surface area contributed by atoms with Gasteiger partial charge in [0.25, 0.3) is 0 Å². The molecule has 7 N–H and O–H groups in total. The van der Waals surface area contributed by atoms with Gasteiger partial charge in [-0.3, -0.25) is 4.79 Å². The van der Waals surface area contributed by atoms with Crippen molar-refractivity contribution in [3.63, 3.8) is 0 Å². The molecule has 0 aromatic carbocycles. The average molecular weight is 915 g/mol. The van der Waals surface area contributed by atoms with Gasteiger partial charge < -0.3 is 64.2 Å². The lowest BCUT2D eigenvalue weighted by Gasteiger charge is -2.42. The van der Waals surface area contributed by atoms with Gasteiger partial charge in [-0.1, -0.05) is 153 Å². The number of ether oxygens (including phenoxy) is 6. The minimum atomic E-state index is -1.70. The molecule has 2 fully saturated rings. The Balaban J connectivity index is 1.66. The predicted octanol–water partition coefficient (Wildman–Crippen LogP) is 7.02. The van der Waals surface area contributed by atoms with Gasteiger partial charge >= 0.3 is 5.97 Å². The number of carbonyl (C=O) groups excluding carboxylic acids is 1. The minimum absolute atomic E-state index is 0.0583. The second-order valence-electron chi connectivity index (χ2n) is 17.6. The van der Waals surface area contributed by atoms with Crippen molar-refractivity contribution >= 4 is 5.97 Å². The Morgan fingerprint density at radius 1 is 0.516 bits per heavy atom. The largest absolute Gasteiger partial charge is 0.457 e. The van der Waals surface area contributed by atoms with E-state index in [1.807, 2.05) is 0 Å². The van der Waals surface area contributed by atoms with E-state index < -0.39 is 80.7 Å². The number of esters is 1. The number of allylic oxidation sites excluding steroid dienone is 6. The van der Waals surface area contributed by atoms with Crippen LogP contribution in [0.15, 0.2) is 36.5 Å². The molecule has 64 heavy (non-hydrogen) atoms. The average Bonchev–Trinajstić information content (AvgIpc) is 3.29. The molecule has 2 aliphatic rings. The zero-order chi connectivity index (χ0) is 46.6. The monoisotopic (exact) mass is 915 g/mol. The van der Waals surface area contributed by atoms with Crippen molar-refractivity contribution in [1.82, 2.24) is 0 Å². The first-order valence-corrected chi connectivity index (χ1v) is 25.1. The van der Waals surface area contributed by atoms with Gasteiger partial charge in [0.1, 0.15) is 54.9 Å². The van der Waals surface area contributed by atoms with Crippen LogP contribution in [0.4, 0.5) is 0 Å². The summed E-state index contributed by atoms with van der Waals surface area (Å²) in [5.41, 5.74) is 0. The van der Waals surface area contributed by atoms with Gasteiger partial charge in [-0.15, -0.1) is 0 Å². The Bertz CT molecular complexity index is 1200. The van der Waals surface area contributed by atoms with Crippen LogP contribution in [0.1, 0.15) is 174 Å². The van der Waals surface area contributed by atoms with E-state index >= 15 is 0 Å². The lowest BCUT2D eigenvalue weighted by Crippen LogP contribution is -2.61. The van der Waals surface area contributed by atoms with Crippen LogP contribution >= 0.6 is 0 Å². The summed E-state index contributed by atoms with van der Waals surface area (Å²) in [5, 5.41) is 71.8. The van der Waals surface area contributed by atoms with E-state index in [0.717, 1.165) is 70.6 Å². The highest BCUT2D eigenvalue weighted by atomic mass is 16.7. The first-order chi connectivity index (χ1) is 31.1. The summed E-state index contributed by atoms with van der Waals surface area (Å²) in [6.07, 6.45) is 25.4. The second-order valence-corrected chi connectivity index (χ2v) is 17.6. The highest BCUT2D eigenvalue weighted by Gasteiger charge is 2.47. The molecular formula is C50H90O14. The van der Waals surface area contributed by atoms with Gasteiger partial charge in [0.05, 0.1) is 26.4 Å². The molecule has 2 saturated heterocycles. The highest BCUT2D eigenvalue weighted by Crippen LogP contribution is 2.26. The molecule has 0 spiro atoms. The van der Waals surface area contributed by atoms with Crippen LogP contribution in [0.2, 0.25) is 0 Å². The lowest BCUT2D eigenvalue weighted by molar-refractivity contribution is -0.332. The molecule has 374 valence electrons. The standard InChI is InChI=1S/C50H90O14/c1-3-5-7-9-11-12-13-14-15-16-17-18-19-20-21-22-23-24-25-26-27-28-30-32-34-59-36-39(62-42(52)33-31-29-10-8-6-4-2)37-60-49-48(58)46(56)44(54)41(64-49)38-61-50-47(57)45(55)43(53)40(35-51)63-50/h13-14,16-17,19-20,39-41,43-51,53-58H,3-12,15,18,21-38H2,1-2H3/b14-13-,17-16-,20-19-. The first kappa shape index (κ1) is 58.3. The van der Waals surface area contributed by atoms with Crippen LogP contribution in [0, 0.1) is 0 Å². The van der Waals surface area contributed by atoms with E-state index in [9.17, 15) is 40.5 Å². The maximum Gasteiger partial charge on any atom is 0.306 e. The van der Waals surface area contributed by atoms with Gasteiger partial charge in [0, 0.05) is 13.0 Å². The fourth-order valence-corrected chi connectivity index (χ4v) is 7.76. The number of aliphatic hydroxyl groups excluding tert-OH is 7. The van der Waals surface area contributed by atoms with Gasteiger partial charge in [-0.25, -0.2) is 0 Å². The molecule has 0 saturated carbocycles. The summed E-state index contributed by atoms with van der Waals surface area (Å²) < 4.78 is 34.1. The van der Waals surface area contributed by atoms with Crippen LogP contribution in [0.5, 0.6) is 0 Å². The summed E-state index contributed by atoms with van der Waals surface area (Å²) in [6.45, 7) is 3.59. The Hall–Kier alpha value is -1.79. The fraction of sp³-hybridized carbons (Fsp3) is 0.860. The van der Waals surface area contributed by atoms with E-state index in [1.165, 1.54) is 77.0 Å². The molecule has 0 amide bonds. The Labute approximate surface area is 385 Å². The van der Waals surface area contributed by atoms with Crippen molar-refractivity contribution in [3.8, 4) is 0 Å². The van der Waals surface area contributed by atoms with Crippen molar-refractivity contribution in [2.24, 2.45) is 0 Å². The van der Waals surface area contributed by atoms with Crippen LogP contribution in [-0.2, 0) is 33.2 Å². The Morgan fingerprint density at radius 2 is 0.969 bits per heavy atom. The third-order valence-electron chi connectivity index (χ3n) is 11.9. The molecule has 2 aliphatic heterocycles. The number of aliphatic hydroxyl groups is 7. The van der Waals surface area contributed by atoms with Crippen molar-refractivity contribution < 1.29 is 69.0 Å². The van der Waals surface area contributed by atoms with E-state index in [2.05, 4.69) is 50.3 Å². The molecule has 14 nitrogen and oxygen atoms in total. The quantitative estimate of drug-likeness (QED) is 0.0188. The number of unbranched alkanes of at least 4 members (excludes halogenated alkanes) is 19. The van der Waals surface area contributed by atoms with Crippen molar-refractivity contribution in [1.29, 1.82) is 0 Å². The van der Waals surface area contributed by atoms with Crippen molar-refractivity contribution in [2.45, 2.75) is 242 Å². The molecule has 0 bridgehead atoms. The Morgan fingerprint density at radius 3 is 1.52 bits per heavy atom. The summed E-state index contributed by atoms with van der Waals surface area (Å²) in [5.74, 6) is -0.388. The molecule has 0 aliphatic carbocycles. The zero-order valence-corrected chi connectivity index (χ0v) is 39.5. The highest BCUT2D eigenvalue weighted by molar-refractivity contribution is 5.69. The van der Waals surface area contributed by atoms with E-state index in [-0.39, 0.29) is 25.6 Å². The predicted molar refractivity (Wildman–Crippen MR) is 247 cm³/mol. The topological polar surface area (TPSA) is 214 Å².